The highest BCUT2D eigenvalue weighted by Gasteiger charge is 2.35. The number of amides is 7. The van der Waals surface area contributed by atoms with Gasteiger partial charge in [-0.2, -0.15) is 0 Å². The zero-order valence-corrected chi connectivity index (χ0v) is 40.7. The number of nitrogens with two attached hydrogens (primary N) is 4. The van der Waals surface area contributed by atoms with Gasteiger partial charge in [0.25, 0.3) is 0 Å². The second-order valence-electron chi connectivity index (χ2n) is 17.6. The summed E-state index contributed by atoms with van der Waals surface area (Å²) in [5, 5.41) is 56.9. The minimum Gasteiger partial charge on any atom is -0.506 e. The highest BCUT2D eigenvalue weighted by molar-refractivity contribution is 5.97. The summed E-state index contributed by atoms with van der Waals surface area (Å²) in [6.07, 6.45) is -1.07. The van der Waals surface area contributed by atoms with Crippen molar-refractivity contribution in [1.82, 2.24) is 37.2 Å². The van der Waals surface area contributed by atoms with Crippen LogP contribution in [0.5, 0.6) is 11.5 Å². The molecule has 0 spiro atoms. The zero-order valence-electron chi connectivity index (χ0n) is 40.7. The Morgan fingerprint density at radius 3 is 1.55 bits per heavy atom. The van der Waals surface area contributed by atoms with Crippen molar-refractivity contribution in [2.45, 2.75) is 135 Å². The maximum absolute atomic E-state index is 14.3. The molecule has 0 aromatic heterocycles. The number of benzene rings is 2. The molecule has 0 radical (unpaired) electrons. The Morgan fingerprint density at radius 1 is 0.606 bits per heavy atom. The van der Waals surface area contributed by atoms with Gasteiger partial charge < -0.3 is 80.6 Å². The number of carbonyl (C=O) groups excluding carboxylic acids is 7. The molecular weight excluding hydrogens is 931 g/mol. The van der Waals surface area contributed by atoms with E-state index in [2.05, 4.69) is 42.2 Å². The van der Waals surface area contributed by atoms with Gasteiger partial charge in [0.2, 0.25) is 41.4 Å². The molecule has 0 saturated heterocycles. The number of carboxylic acids is 2. The van der Waals surface area contributed by atoms with Crippen LogP contribution in [0.4, 0.5) is 11.4 Å². The number of hydrogen-bond acceptors (Lipinski definition) is 14. The van der Waals surface area contributed by atoms with E-state index >= 15 is 0 Å². The zero-order chi connectivity index (χ0) is 53.7. The van der Waals surface area contributed by atoms with E-state index in [9.17, 15) is 63.6 Å². The van der Waals surface area contributed by atoms with Crippen molar-refractivity contribution in [2.24, 2.45) is 28.3 Å². The summed E-state index contributed by atoms with van der Waals surface area (Å²) in [4.78, 5) is 123. The Kier molecular flexibility index (Phi) is 23.9. The van der Waals surface area contributed by atoms with Gasteiger partial charge in [-0.05, 0) is 79.8 Å². The molecule has 2 aromatic rings. The lowest BCUT2D eigenvalue weighted by atomic mass is 9.97. The molecule has 0 aliphatic rings. The van der Waals surface area contributed by atoms with Crippen LogP contribution in [0.1, 0.15) is 91.2 Å². The van der Waals surface area contributed by atoms with E-state index in [1.165, 1.54) is 50.2 Å². The molecule has 0 bridgehead atoms. The van der Waals surface area contributed by atoms with Gasteiger partial charge in [-0.15, -0.1) is 0 Å². The average molecular weight is 1000 g/mol. The molecule has 2 aromatic carbocycles. The maximum atomic E-state index is 14.3. The second kappa shape index (κ2) is 28.6. The van der Waals surface area contributed by atoms with Crippen molar-refractivity contribution in [3.8, 4) is 11.5 Å². The Labute approximate surface area is 411 Å². The third-order valence-corrected chi connectivity index (χ3v) is 11.1. The number of anilines is 2. The molecular formula is C46H70N12O13. The number of phenols is 2. The number of phenolic OH excluding ortho intramolecular Hbond substituents is 2. The highest BCUT2D eigenvalue weighted by Crippen LogP contribution is 2.23. The fraction of sp³-hybridized carbons (Fsp3) is 0.522. The average Bonchev–Trinajstić information content (AvgIpc) is 3.28. The monoisotopic (exact) mass is 1000 g/mol. The molecule has 0 saturated carbocycles. The van der Waals surface area contributed by atoms with Crippen molar-refractivity contribution in [3.05, 3.63) is 47.5 Å². The lowest BCUT2D eigenvalue weighted by molar-refractivity contribution is -0.142. The van der Waals surface area contributed by atoms with E-state index in [1.54, 1.807) is 27.7 Å². The van der Waals surface area contributed by atoms with Gasteiger partial charge in [-0.1, -0.05) is 46.2 Å². The predicted octanol–water partition coefficient (Wildman–Crippen LogP) is -1.42. The molecule has 392 valence electrons. The second-order valence-corrected chi connectivity index (χ2v) is 17.6. The molecule has 0 unspecified atom stereocenters. The van der Waals surface area contributed by atoms with Gasteiger partial charge in [0.15, 0.2) is 5.96 Å². The topological polar surface area (TPSA) is 435 Å². The van der Waals surface area contributed by atoms with Crippen LogP contribution in [-0.4, -0.2) is 129 Å². The van der Waals surface area contributed by atoms with Crippen LogP contribution in [0, 0.1) is 11.8 Å². The number of carbonyl (C=O) groups is 9. The number of guanidine groups is 1. The molecule has 0 aliphatic carbocycles. The number of nitrogens with zero attached hydrogens (tertiary/aromatic N) is 1. The van der Waals surface area contributed by atoms with E-state index in [-0.39, 0.29) is 73.4 Å². The van der Waals surface area contributed by atoms with Gasteiger partial charge >= 0.3 is 11.9 Å². The summed E-state index contributed by atoms with van der Waals surface area (Å²) in [7, 11) is 0. The first-order valence-corrected chi connectivity index (χ1v) is 23.0. The number of aromatic hydroxyl groups is 2. The predicted molar refractivity (Wildman–Crippen MR) is 261 cm³/mol. The molecule has 7 amide bonds. The van der Waals surface area contributed by atoms with Gasteiger partial charge in [-0.25, -0.2) is 4.79 Å². The summed E-state index contributed by atoms with van der Waals surface area (Å²) < 4.78 is 0. The highest BCUT2D eigenvalue weighted by atomic mass is 16.4. The van der Waals surface area contributed by atoms with Gasteiger partial charge in [-0.3, -0.25) is 43.3 Å². The standard InChI is InChI=1S/C46H70N12O13/c1-7-23(4)38(44(69)52-24(5)39(64)55-31(45(70)71)9-8-16-51-46(49)50)58-40(65)30(12-15-37(62)63)54-43(68)34(21-27-11-14-36(61)29(48)19-27)57-41(66)32(17-22(2)3)56-42(67)33(53-25(6)59)20-26-10-13-35(60)28(47)18-26/h10-11,13-14,18-19,22-24,30-34,38,60-61H,7-9,12,15-17,20-21,47-48H2,1-6H3,(H,52,69)(H,53,59)(H,54,68)(H,55,64)(H,56,67)(H,57,66)(H,58,65)(H,62,63)(H,70,71)(H4,49,50,51)/t23-,24-,30-,31-,32-,33-,34-,38-/m0/s1/i6+1,25+1. The molecule has 71 heavy (non-hydrogen) atoms. The maximum Gasteiger partial charge on any atom is 0.326 e. The molecule has 19 N–H and O–H groups in total. The largest absolute Gasteiger partial charge is 0.506 e. The first-order valence-electron chi connectivity index (χ1n) is 23.0. The molecule has 8 atom stereocenters. The Morgan fingerprint density at radius 2 is 1.08 bits per heavy atom. The summed E-state index contributed by atoms with van der Waals surface area (Å²) in [6.45, 7) is 9.44. The van der Waals surface area contributed by atoms with Crippen LogP contribution in [0.3, 0.4) is 0 Å². The van der Waals surface area contributed by atoms with E-state index in [0.29, 0.717) is 17.5 Å². The van der Waals surface area contributed by atoms with Crippen molar-refractivity contribution < 1.29 is 63.6 Å². The van der Waals surface area contributed by atoms with Crippen LogP contribution < -0.4 is 60.2 Å². The Hall–Kier alpha value is -7.86. The van der Waals surface area contributed by atoms with E-state index in [1.807, 2.05) is 0 Å². The first kappa shape index (κ1) is 59.3. The number of aliphatic imine (C=N–C) groups is 1. The van der Waals surface area contributed by atoms with Crippen LogP contribution in [0.25, 0.3) is 0 Å². The number of nitrogens with one attached hydrogen (secondary N) is 7. The van der Waals surface area contributed by atoms with Crippen molar-refractivity contribution in [3.63, 3.8) is 0 Å². The molecule has 0 fully saturated rings. The van der Waals surface area contributed by atoms with Crippen molar-refractivity contribution in [2.75, 3.05) is 18.0 Å². The van der Waals surface area contributed by atoms with Crippen LogP contribution in [0.2, 0.25) is 0 Å². The molecule has 2 rings (SSSR count). The van der Waals surface area contributed by atoms with Crippen LogP contribution in [0.15, 0.2) is 41.4 Å². The summed E-state index contributed by atoms with van der Waals surface area (Å²) in [6, 6.07) is -1.54. The Balaban J connectivity index is 2.45. The fourth-order valence-electron chi connectivity index (χ4n) is 7.04. The number of rotatable bonds is 29. The first-order chi connectivity index (χ1) is 33.2. The van der Waals surface area contributed by atoms with E-state index in [4.69, 9.17) is 22.9 Å². The number of aliphatic carboxylic acids is 2. The summed E-state index contributed by atoms with van der Waals surface area (Å²) in [5.41, 5.74) is 23.1. The lowest BCUT2D eigenvalue weighted by Gasteiger charge is -2.29. The normalized spacial score (nSPS) is 14.4. The number of carboxylic acid groups (broad SMARTS) is 2. The van der Waals surface area contributed by atoms with Crippen LogP contribution >= 0.6 is 0 Å². The minimum atomic E-state index is -1.64. The molecule has 25 heteroatoms. The lowest BCUT2D eigenvalue weighted by Crippen LogP contribution is -2.61. The molecule has 25 nitrogen and oxygen atoms in total. The third kappa shape index (κ3) is 20.7. The minimum absolute atomic E-state index is 0.0276. The van der Waals surface area contributed by atoms with Crippen molar-refractivity contribution >= 4 is 70.6 Å². The Bertz CT molecular complexity index is 2250. The van der Waals surface area contributed by atoms with Crippen LogP contribution in [-0.2, 0) is 56.0 Å². The van der Waals surface area contributed by atoms with Crippen molar-refractivity contribution in [1.29, 1.82) is 0 Å². The number of hydrogen-bond donors (Lipinski definition) is 15. The van der Waals surface area contributed by atoms with Gasteiger partial charge in [0.1, 0.15) is 53.8 Å². The third-order valence-electron chi connectivity index (χ3n) is 11.1. The SMILES string of the molecule is CC[C@H](C)[C@H](NC(=O)[C@H](CCC(=O)O)NC(=O)[C@H](Cc1ccc(O)c(N)c1)NC(=O)[C@H](CC(C)C)NC(=O)[C@H](Cc1ccc(O)c(N)c1)N[13C]([13CH3])=O)C(=O)N[C@@H](C)C(=O)N[C@@H](CCCN=C(N)N)C(=O)O. The quantitative estimate of drug-likeness (QED) is 0.0111. The van der Waals surface area contributed by atoms with Gasteiger partial charge in [0.05, 0.1) is 11.4 Å². The van der Waals surface area contributed by atoms with Gasteiger partial charge in [0, 0.05) is 32.7 Å². The summed E-state index contributed by atoms with van der Waals surface area (Å²) >= 11 is 0. The molecule has 0 aliphatic heterocycles. The molecule has 0 heterocycles. The van der Waals surface area contributed by atoms with E-state index < -0.39 is 114 Å². The van der Waals surface area contributed by atoms with E-state index in [0.717, 1.165) is 0 Å². The smallest absolute Gasteiger partial charge is 0.326 e. The fourth-order valence-corrected chi connectivity index (χ4v) is 7.04. The summed E-state index contributed by atoms with van der Waals surface area (Å²) in [5.74, 6) is -10.1. The number of nitrogen functional groups attached to an aromatic ring is 2.